The summed E-state index contributed by atoms with van der Waals surface area (Å²) in [5.41, 5.74) is 8.14. The average Bonchev–Trinajstić information content (AvgIpc) is 2.38. The van der Waals surface area contributed by atoms with Gasteiger partial charge in [-0.2, -0.15) is 0 Å². The van der Waals surface area contributed by atoms with E-state index in [2.05, 4.69) is 46.1 Å². The number of anilines is 1. The molecule has 0 radical (unpaired) electrons. The molecule has 0 amide bonds. The Kier molecular flexibility index (Phi) is 4.87. The zero-order chi connectivity index (χ0) is 14.0. The van der Waals surface area contributed by atoms with E-state index < -0.39 is 0 Å². The van der Waals surface area contributed by atoms with E-state index in [-0.39, 0.29) is 18.2 Å². The highest BCUT2D eigenvalue weighted by Gasteiger charge is 2.27. The van der Waals surface area contributed by atoms with Crippen LogP contribution in [-0.2, 0) is 0 Å². The molecule has 3 atom stereocenters. The largest absolute Gasteiger partial charge is 0.391 e. The molecule has 2 unspecified atom stereocenters. The number of benzene rings is 1. The Hall–Kier alpha value is -0.580. The number of rotatable bonds is 3. The molecular formula is C15H23BrN2O. The molecule has 0 saturated heterocycles. The smallest absolute Gasteiger partial charge is 0.0743 e. The van der Waals surface area contributed by atoms with Gasteiger partial charge in [0, 0.05) is 17.6 Å². The molecule has 106 valence electrons. The summed E-state index contributed by atoms with van der Waals surface area (Å²) in [6.07, 6.45) is 4.07. The summed E-state index contributed by atoms with van der Waals surface area (Å²) in [7, 11) is 2.06. The summed E-state index contributed by atoms with van der Waals surface area (Å²) >= 11 is 3.62. The van der Waals surface area contributed by atoms with Crippen molar-refractivity contribution >= 4 is 21.6 Å². The lowest BCUT2D eigenvalue weighted by atomic mass is 9.91. The molecule has 1 aliphatic rings. The van der Waals surface area contributed by atoms with Crippen molar-refractivity contribution in [3.8, 4) is 0 Å². The second kappa shape index (κ2) is 6.25. The van der Waals surface area contributed by atoms with E-state index in [1.165, 1.54) is 6.42 Å². The van der Waals surface area contributed by atoms with Gasteiger partial charge in [0.2, 0.25) is 0 Å². The SMILES string of the molecule is C[C@@H](N)c1ccc(N(C)C2CCCCC2O)c(Br)c1. The predicted molar refractivity (Wildman–Crippen MR) is 83.4 cm³/mol. The quantitative estimate of drug-likeness (QED) is 0.896. The number of aliphatic hydroxyl groups is 1. The third-order valence-electron chi connectivity index (χ3n) is 4.07. The maximum absolute atomic E-state index is 10.2. The molecule has 4 heteroatoms. The molecule has 1 saturated carbocycles. The minimum Gasteiger partial charge on any atom is -0.391 e. The zero-order valence-corrected chi connectivity index (χ0v) is 13.2. The number of likely N-dealkylation sites (N-methyl/N-ethyl adjacent to an activating group) is 1. The van der Waals surface area contributed by atoms with Crippen LogP contribution in [0.3, 0.4) is 0 Å². The van der Waals surface area contributed by atoms with Crippen LogP contribution >= 0.6 is 15.9 Å². The van der Waals surface area contributed by atoms with Crippen LogP contribution in [0.15, 0.2) is 22.7 Å². The molecule has 19 heavy (non-hydrogen) atoms. The normalized spacial score (nSPS) is 25.1. The summed E-state index contributed by atoms with van der Waals surface area (Å²) in [5, 5.41) is 10.2. The van der Waals surface area contributed by atoms with Gasteiger partial charge in [-0.05, 0) is 53.4 Å². The Balaban J connectivity index is 2.21. The van der Waals surface area contributed by atoms with E-state index in [0.717, 1.165) is 35.0 Å². The van der Waals surface area contributed by atoms with Gasteiger partial charge in [-0.25, -0.2) is 0 Å². The number of hydrogen-bond donors (Lipinski definition) is 2. The number of halogens is 1. The second-order valence-electron chi connectivity index (χ2n) is 5.53. The van der Waals surface area contributed by atoms with Gasteiger partial charge in [-0.3, -0.25) is 0 Å². The number of nitrogens with two attached hydrogens (primary N) is 1. The van der Waals surface area contributed by atoms with Gasteiger partial charge in [0.1, 0.15) is 0 Å². The Bertz CT molecular complexity index is 436. The number of nitrogens with zero attached hydrogens (tertiary/aromatic N) is 1. The van der Waals surface area contributed by atoms with E-state index >= 15 is 0 Å². The third-order valence-corrected chi connectivity index (χ3v) is 4.70. The molecule has 1 aliphatic carbocycles. The van der Waals surface area contributed by atoms with Crippen molar-refractivity contribution in [3.63, 3.8) is 0 Å². The fourth-order valence-corrected chi connectivity index (χ4v) is 3.49. The van der Waals surface area contributed by atoms with Crippen LogP contribution in [0, 0.1) is 0 Å². The Morgan fingerprint density at radius 1 is 1.37 bits per heavy atom. The molecule has 1 aromatic carbocycles. The number of aliphatic hydroxyl groups excluding tert-OH is 1. The van der Waals surface area contributed by atoms with Crippen LogP contribution in [0.25, 0.3) is 0 Å². The molecule has 0 bridgehead atoms. The van der Waals surface area contributed by atoms with E-state index in [1.807, 2.05) is 6.92 Å². The summed E-state index contributed by atoms with van der Waals surface area (Å²) in [6.45, 7) is 1.98. The molecular weight excluding hydrogens is 304 g/mol. The van der Waals surface area contributed by atoms with Gasteiger partial charge in [-0.15, -0.1) is 0 Å². The van der Waals surface area contributed by atoms with Crippen molar-refractivity contribution in [3.05, 3.63) is 28.2 Å². The minimum atomic E-state index is -0.223. The highest BCUT2D eigenvalue weighted by Crippen LogP contribution is 2.33. The van der Waals surface area contributed by atoms with Crippen molar-refractivity contribution in [1.82, 2.24) is 0 Å². The van der Waals surface area contributed by atoms with Crippen LogP contribution in [-0.4, -0.2) is 24.3 Å². The average molecular weight is 327 g/mol. The van der Waals surface area contributed by atoms with Crippen LogP contribution in [0.5, 0.6) is 0 Å². The van der Waals surface area contributed by atoms with E-state index in [9.17, 15) is 5.11 Å². The first-order valence-electron chi connectivity index (χ1n) is 6.96. The van der Waals surface area contributed by atoms with Crippen LogP contribution in [0.1, 0.15) is 44.2 Å². The van der Waals surface area contributed by atoms with Crippen molar-refractivity contribution in [2.24, 2.45) is 5.73 Å². The lowest BCUT2D eigenvalue weighted by molar-refractivity contribution is 0.106. The standard InChI is InChI=1S/C15H23BrN2O/c1-10(17)11-7-8-13(12(16)9-11)18(2)14-5-3-4-6-15(14)19/h7-10,14-15,19H,3-6,17H2,1-2H3/t10-,14?,15?/m1/s1. The molecule has 0 aliphatic heterocycles. The van der Waals surface area contributed by atoms with Gasteiger partial charge in [0.05, 0.1) is 17.8 Å². The maximum atomic E-state index is 10.2. The van der Waals surface area contributed by atoms with Gasteiger partial charge >= 0.3 is 0 Å². The van der Waals surface area contributed by atoms with Crippen LogP contribution in [0.4, 0.5) is 5.69 Å². The highest BCUT2D eigenvalue weighted by molar-refractivity contribution is 9.10. The Morgan fingerprint density at radius 2 is 2.05 bits per heavy atom. The Labute approximate surface area is 123 Å². The second-order valence-corrected chi connectivity index (χ2v) is 6.38. The van der Waals surface area contributed by atoms with E-state index in [0.29, 0.717) is 0 Å². The highest BCUT2D eigenvalue weighted by atomic mass is 79.9. The third kappa shape index (κ3) is 3.30. The first-order chi connectivity index (χ1) is 9.00. The molecule has 1 aromatic rings. The summed E-state index contributed by atoms with van der Waals surface area (Å²) < 4.78 is 1.04. The lowest BCUT2D eigenvalue weighted by Gasteiger charge is -2.37. The van der Waals surface area contributed by atoms with Crippen molar-refractivity contribution in [1.29, 1.82) is 0 Å². The van der Waals surface area contributed by atoms with Gasteiger partial charge < -0.3 is 15.7 Å². The van der Waals surface area contributed by atoms with Gasteiger partial charge in [0.15, 0.2) is 0 Å². The molecule has 1 fully saturated rings. The van der Waals surface area contributed by atoms with Crippen LogP contribution < -0.4 is 10.6 Å². The van der Waals surface area contributed by atoms with E-state index in [4.69, 9.17) is 5.73 Å². The van der Waals surface area contributed by atoms with Crippen LogP contribution in [0.2, 0.25) is 0 Å². The summed E-state index contributed by atoms with van der Waals surface area (Å²) in [6, 6.07) is 6.48. The Morgan fingerprint density at radius 3 is 2.63 bits per heavy atom. The monoisotopic (exact) mass is 326 g/mol. The summed E-state index contributed by atoms with van der Waals surface area (Å²) in [5.74, 6) is 0. The van der Waals surface area contributed by atoms with E-state index in [1.54, 1.807) is 0 Å². The van der Waals surface area contributed by atoms with Crippen molar-refractivity contribution in [2.45, 2.75) is 50.8 Å². The predicted octanol–water partition coefficient (Wildman–Crippen LogP) is 3.21. The summed E-state index contributed by atoms with van der Waals surface area (Å²) in [4.78, 5) is 2.19. The minimum absolute atomic E-state index is 0.0379. The topological polar surface area (TPSA) is 49.5 Å². The maximum Gasteiger partial charge on any atom is 0.0743 e. The fraction of sp³-hybridized carbons (Fsp3) is 0.600. The lowest BCUT2D eigenvalue weighted by Crippen LogP contribution is -2.43. The van der Waals surface area contributed by atoms with Crippen molar-refractivity contribution < 1.29 is 5.11 Å². The first kappa shape index (κ1) is 14.8. The number of hydrogen-bond acceptors (Lipinski definition) is 3. The fourth-order valence-electron chi connectivity index (χ4n) is 2.81. The molecule has 3 nitrogen and oxygen atoms in total. The first-order valence-corrected chi connectivity index (χ1v) is 7.76. The molecule has 0 heterocycles. The zero-order valence-electron chi connectivity index (χ0n) is 11.6. The molecule has 0 spiro atoms. The van der Waals surface area contributed by atoms with Crippen molar-refractivity contribution in [2.75, 3.05) is 11.9 Å². The van der Waals surface area contributed by atoms with Gasteiger partial charge in [0.25, 0.3) is 0 Å². The molecule has 0 aromatic heterocycles. The van der Waals surface area contributed by atoms with Gasteiger partial charge in [-0.1, -0.05) is 18.9 Å². The molecule has 3 N–H and O–H groups in total. The molecule has 2 rings (SSSR count).